The van der Waals surface area contributed by atoms with E-state index in [1.165, 1.54) is 22.9 Å². The van der Waals surface area contributed by atoms with E-state index in [-0.39, 0.29) is 6.54 Å². The van der Waals surface area contributed by atoms with Crippen LogP contribution >= 0.6 is 11.8 Å². The molecule has 7 heteroatoms. The number of nitrogens with zero attached hydrogens (tertiary/aromatic N) is 1. The Morgan fingerprint density at radius 3 is 2.56 bits per heavy atom. The fourth-order valence-electron chi connectivity index (χ4n) is 4.53. The largest absolute Gasteiger partial charge is 0.325 e. The molecule has 3 aromatic rings. The molecule has 0 spiro atoms. The second-order valence-electron chi connectivity index (χ2n) is 8.74. The second-order valence-corrected chi connectivity index (χ2v) is 9.86. The first-order chi connectivity index (χ1) is 16.4. The van der Waals surface area contributed by atoms with Gasteiger partial charge in [0.2, 0.25) is 5.91 Å². The Morgan fingerprint density at radius 2 is 1.74 bits per heavy atom. The van der Waals surface area contributed by atoms with E-state index in [0.29, 0.717) is 5.69 Å². The summed E-state index contributed by atoms with van der Waals surface area (Å²) >= 11 is 1.53. The average Bonchev–Trinajstić information content (AvgIpc) is 3.39. The molecule has 0 aromatic heterocycles. The van der Waals surface area contributed by atoms with Gasteiger partial charge in [-0.1, -0.05) is 60.3 Å². The summed E-state index contributed by atoms with van der Waals surface area (Å²) < 4.78 is 0. The van der Waals surface area contributed by atoms with Crippen LogP contribution < -0.4 is 10.6 Å². The number of urea groups is 1. The number of hydrogen-bond acceptors (Lipinski definition) is 4. The van der Waals surface area contributed by atoms with Gasteiger partial charge in [0.1, 0.15) is 12.1 Å². The molecule has 1 aliphatic carbocycles. The molecule has 2 N–H and O–H groups in total. The Balaban J connectivity index is 1.30. The van der Waals surface area contributed by atoms with Gasteiger partial charge in [0.15, 0.2) is 0 Å². The van der Waals surface area contributed by atoms with Gasteiger partial charge in [-0.15, -0.1) is 0 Å². The minimum atomic E-state index is -1.18. The van der Waals surface area contributed by atoms with Gasteiger partial charge in [0.25, 0.3) is 5.91 Å². The third-order valence-electron chi connectivity index (χ3n) is 6.38. The van der Waals surface area contributed by atoms with Crippen molar-refractivity contribution >= 4 is 35.3 Å². The van der Waals surface area contributed by atoms with Crippen LogP contribution in [0, 0.1) is 0 Å². The highest BCUT2D eigenvalue weighted by Crippen LogP contribution is 2.34. The van der Waals surface area contributed by atoms with Crippen LogP contribution in [0.25, 0.3) is 0 Å². The average molecular weight is 472 g/mol. The molecule has 1 unspecified atom stereocenters. The maximum Gasteiger partial charge on any atom is 0.325 e. The lowest BCUT2D eigenvalue weighted by Crippen LogP contribution is -2.42. The normalized spacial score (nSPS) is 19.1. The lowest BCUT2D eigenvalue weighted by atomic mass is 9.89. The third kappa shape index (κ3) is 4.19. The van der Waals surface area contributed by atoms with Crippen LogP contribution in [0.15, 0.2) is 82.6 Å². The molecule has 3 aromatic carbocycles. The van der Waals surface area contributed by atoms with Gasteiger partial charge < -0.3 is 10.6 Å². The number of nitrogens with one attached hydrogen (secondary N) is 2. The van der Waals surface area contributed by atoms with Crippen LogP contribution in [0.4, 0.5) is 10.5 Å². The van der Waals surface area contributed by atoms with E-state index in [1.54, 1.807) is 6.92 Å². The Kier molecular flexibility index (Phi) is 5.87. The van der Waals surface area contributed by atoms with Gasteiger partial charge >= 0.3 is 6.03 Å². The number of aryl methyl sites for hydroxylation is 2. The molecule has 0 bridgehead atoms. The summed E-state index contributed by atoms with van der Waals surface area (Å²) in [5.74, 6) is -0.847. The summed E-state index contributed by atoms with van der Waals surface area (Å²) in [4.78, 5) is 41.8. The van der Waals surface area contributed by atoms with Crippen LogP contribution in [-0.4, -0.2) is 29.3 Å². The first kappa shape index (κ1) is 22.2. The number of para-hydroxylation sites is 1. The van der Waals surface area contributed by atoms with Crippen molar-refractivity contribution in [2.45, 2.75) is 41.5 Å². The number of amides is 4. The van der Waals surface area contributed by atoms with Crippen LogP contribution in [0.5, 0.6) is 0 Å². The minimum Gasteiger partial charge on any atom is -0.323 e. The molecule has 2 aliphatic rings. The van der Waals surface area contributed by atoms with Crippen LogP contribution in [0.1, 0.15) is 30.0 Å². The highest BCUT2D eigenvalue weighted by molar-refractivity contribution is 7.99. The predicted molar refractivity (Wildman–Crippen MR) is 132 cm³/mol. The van der Waals surface area contributed by atoms with Gasteiger partial charge in [-0.25, -0.2) is 4.79 Å². The predicted octanol–water partition coefficient (Wildman–Crippen LogP) is 4.73. The molecule has 4 amide bonds. The van der Waals surface area contributed by atoms with Crippen molar-refractivity contribution in [1.29, 1.82) is 0 Å². The summed E-state index contributed by atoms with van der Waals surface area (Å²) in [6, 6.07) is 22.7. The quantitative estimate of drug-likeness (QED) is 0.510. The number of benzene rings is 3. The molecule has 1 saturated heterocycles. The lowest BCUT2D eigenvalue weighted by molar-refractivity contribution is -0.133. The molecule has 5 rings (SSSR count). The first-order valence-corrected chi connectivity index (χ1v) is 12.1. The van der Waals surface area contributed by atoms with E-state index >= 15 is 0 Å². The highest BCUT2D eigenvalue weighted by Gasteiger charge is 2.49. The SMILES string of the molecule is CC1(c2ccc3c(c2)CCC3)NC(=O)N(CC(=O)Nc2ccccc2Sc2ccccc2)C1=O. The van der Waals surface area contributed by atoms with E-state index in [2.05, 4.69) is 10.6 Å². The van der Waals surface area contributed by atoms with Gasteiger partial charge in [0, 0.05) is 9.79 Å². The van der Waals surface area contributed by atoms with Crippen molar-refractivity contribution < 1.29 is 14.4 Å². The summed E-state index contributed by atoms with van der Waals surface area (Å²) in [5, 5.41) is 5.67. The van der Waals surface area contributed by atoms with Crippen molar-refractivity contribution in [2.75, 3.05) is 11.9 Å². The second kappa shape index (κ2) is 8.99. The van der Waals surface area contributed by atoms with Gasteiger partial charge in [-0.3, -0.25) is 14.5 Å². The van der Waals surface area contributed by atoms with Crippen LogP contribution in [0.2, 0.25) is 0 Å². The molecule has 1 atom stereocenters. The van der Waals surface area contributed by atoms with Crippen molar-refractivity contribution in [3.63, 3.8) is 0 Å². The molecule has 34 heavy (non-hydrogen) atoms. The first-order valence-electron chi connectivity index (χ1n) is 11.3. The topological polar surface area (TPSA) is 78.5 Å². The molecule has 0 radical (unpaired) electrons. The Labute approximate surface area is 202 Å². The van der Waals surface area contributed by atoms with Gasteiger partial charge in [-0.05, 0) is 67.1 Å². The van der Waals surface area contributed by atoms with Crippen LogP contribution in [-0.2, 0) is 28.0 Å². The number of hydrogen-bond donors (Lipinski definition) is 2. The molecule has 0 saturated carbocycles. The zero-order valence-electron chi connectivity index (χ0n) is 18.8. The lowest BCUT2D eigenvalue weighted by Gasteiger charge is -2.23. The summed E-state index contributed by atoms with van der Waals surface area (Å²) in [6.07, 6.45) is 3.13. The van der Waals surface area contributed by atoms with E-state index in [1.807, 2.05) is 72.8 Å². The maximum atomic E-state index is 13.3. The zero-order valence-corrected chi connectivity index (χ0v) is 19.7. The maximum absolute atomic E-state index is 13.3. The Morgan fingerprint density at radius 1 is 1.00 bits per heavy atom. The molecule has 1 aliphatic heterocycles. The Hall–Kier alpha value is -3.58. The highest BCUT2D eigenvalue weighted by atomic mass is 32.2. The van der Waals surface area contributed by atoms with E-state index in [9.17, 15) is 14.4 Å². The molecular weight excluding hydrogens is 446 g/mol. The molecule has 1 fully saturated rings. The fraction of sp³-hybridized carbons (Fsp3) is 0.222. The van der Waals surface area contributed by atoms with E-state index in [0.717, 1.165) is 39.5 Å². The summed E-state index contributed by atoms with van der Waals surface area (Å²) in [7, 11) is 0. The fourth-order valence-corrected chi connectivity index (χ4v) is 5.45. The zero-order chi connectivity index (χ0) is 23.7. The van der Waals surface area contributed by atoms with Crippen LogP contribution in [0.3, 0.4) is 0 Å². The standard InChI is InChI=1S/C27H25N3O3S/c1-27(20-15-14-18-8-7-9-19(18)16-20)25(32)30(26(33)29-27)17-24(31)28-22-12-5-6-13-23(22)34-21-10-3-2-4-11-21/h2-6,10-16H,7-9,17H2,1H3,(H,28,31)(H,29,33). The van der Waals surface area contributed by atoms with Crippen molar-refractivity contribution in [3.8, 4) is 0 Å². The number of rotatable bonds is 6. The third-order valence-corrected chi connectivity index (χ3v) is 7.47. The number of fused-ring (bicyclic) bond motifs is 1. The van der Waals surface area contributed by atoms with Gasteiger partial charge in [0.05, 0.1) is 5.69 Å². The van der Waals surface area contributed by atoms with Gasteiger partial charge in [-0.2, -0.15) is 0 Å². The minimum absolute atomic E-state index is 0.352. The van der Waals surface area contributed by atoms with Crippen molar-refractivity contribution in [3.05, 3.63) is 89.5 Å². The van der Waals surface area contributed by atoms with E-state index in [4.69, 9.17) is 0 Å². The van der Waals surface area contributed by atoms with E-state index < -0.39 is 23.4 Å². The Bertz CT molecular complexity index is 1280. The van der Waals surface area contributed by atoms with Crippen molar-refractivity contribution in [1.82, 2.24) is 10.2 Å². The molecular formula is C27H25N3O3S. The molecule has 1 heterocycles. The number of anilines is 1. The smallest absolute Gasteiger partial charge is 0.323 e. The number of imide groups is 1. The number of carbonyl (C=O) groups is 3. The summed E-state index contributed by atoms with van der Waals surface area (Å²) in [5.41, 5.74) is 2.72. The monoisotopic (exact) mass is 471 g/mol. The summed E-state index contributed by atoms with van der Waals surface area (Å²) in [6.45, 7) is 1.35. The molecule has 6 nitrogen and oxygen atoms in total. The molecule has 172 valence electrons. The van der Waals surface area contributed by atoms with Crippen molar-refractivity contribution in [2.24, 2.45) is 0 Å². The number of carbonyl (C=O) groups excluding carboxylic acids is 3.